The fourth-order valence-electron chi connectivity index (χ4n) is 2.17. The van der Waals surface area contributed by atoms with Crippen LogP contribution in [0.25, 0.3) is 11.3 Å². The topological polar surface area (TPSA) is 70.7 Å². The second-order valence-corrected chi connectivity index (χ2v) is 4.93. The Balaban J connectivity index is 2.11. The third-order valence-corrected chi connectivity index (χ3v) is 3.14. The van der Waals surface area contributed by atoms with E-state index in [9.17, 15) is 5.11 Å². The van der Waals surface area contributed by atoms with E-state index in [4.69, 9.17) is 0 Å². The average Bonchev–Trinajstić information content (AvgIpc) is 2.80. The van der Waals surface area contributed by atoms with Crippen molar-refractivity contribution >= 4 is 0 Å². The van der Waals surface area contributed by atoms with Crippen molar-refractivity contribution in [2.75, 3.05) is 0 Å². The van der Waals surface area contributed by atoms with Crippen LogP contribution in [-0.4, -0.2) is 15.1 Å². The van der Waals surface area contributed by atoms with Crippen LogP contribution < -0.4 is 0 Å². The lowest BCUT2D eigenvalue weighted by atomic mass is 10.0. The van der Waals surface area contributed by atoms with Gasteiger partial charge in [0.15, 0.2) is 11.4 Å². The van der Waals surface area contributed by atoms with E-state index in [-0.39, 0.29) is 5.88 Å². The van der Waals surface area contributed by atoms with Gasteiger partial charge in [-0.3, -0.25) is 0 Å². The van der Waals surface area contributed by atoms with Gasteiger partial charge in [0.1, 0.15) is 0 Å². The summed E-state index contributed by atoms with van der Waals surface area (Å²) in [5, 5.41) is 18.1. The molecule has 5 heteroatoms. The Bertz CT molecular complexity index is 709. The molecule has 0 saturated heterocycles. The summed E-state index contributed by atoms with van der Waals surface area (Å²) in [6, 6.07) is 11.2. The van der Waals surface area contributed by atoms with E-state index in [1.807, 2.05) is 50.3 Å². The van der Waals surface area contributed by atoms with Crippen LogP contribution in [0.5, 0.6) is 5.88 Å². The van der Waals surface area contributed by atoms with Crippen LogP contribution in [0.1, 0.15) is 19.7 Å². The minimum absolute atomic E-state index is 0.0665. The quantitative estimate of drug-likeness (QED) is 0.905. The predicted octanol–water partition coefficient (Wildman–Crippen LogP) is 3.43. The van der Waals surface area contributed by atoms with Gasteiger partial charge in [-0.1, -0.05) is 30.3 Å². The van der Waals surface area contributed by atoms with Crippen LogP contribution >= 0.6 is 0 Å². The molecule has 1 aliphatic heterocycles. The van der Waals surface area contributed by atoms with Crippen molar-refractivity contribution in [3.05, 3.63) is 54.0 Å². The smallest absolute Gasteiger partial charge is 0.214 e. The van der Waals surface area contributed by atoms with Crippen LogP contribution in [0.2, 0.25) is 0 Å². The van der Waals surface area contributed by atoms with Crippen LogP contribution in [-0.2, 0) is 5.54 Å². The fraction of sp³-hybridized carbons (Fsp3) is 0.200. The molecular weight excluding hydrogens is 252 g/mol. The molecule has 1 aromatic carbocycles. The second kappa shape index (κ2) is 4.52. The third kappa shape index (κ3) is 2.18. The number of hydrogen-bond donors (Lipinski definition) is 1. The molecule has 0 saturated carbocycles. The van der Waals surface area contributed by atoms with Crippen LogP contribution in [0, 0.1) is 0 Å². The standard InChI is InChI=1S/C15H14N4O/c1-10-9-15(2,19-18-10)14-16-12(8-13(20)17-14)11-6-4-3-5-7-11/h3-9H,1-2H3,(H,16,17,20). The Hall–Kier alpha value is -2.56. The van der Waals surface area contributed by atoms with Gasteiger partial charge >= 0.3 is 0 Å². The van der Waals surface area contributed by atoms with Crippen LogP contribution in [0.4, 0.5) is 0 Å². The summed E-state index contributed by atoms with van der Waals surface area (Å²) in [5.41, 5.74) is 1.70. The first kappa shape index (κ1) is 12.5. The van der Waals surface area contributed by atoms with Gasteiger partial charge in [-0.25, -0.2) is 4.98 Å². The molecule has 1 aliphatic rings. The van der Waals surface area contributed by atoms with Crippen molar-refractivity contribution in [2.24, 2.45) is 10.2 Å². The van der Waals surface area contributed by atoms with E-state index in [1.54, 1.807) is 6.07 Å². The Labute approximate surface area is 116 Å². The van der Waals surface area contributed by atoms with Crippen molar-refractivity contribution in [2.45, 2.75) is 19.4 Å². The van der Waals surface area contributed by atoms with E-state index < -0.39 is 5.54 Å². The van der Waals surface area contributed by atoms with Crippen molar-refractivity contribution in [3.63, 3.8) is 0 Å². The first-order valence-corrected chi connectivity index (χ1v) is 6.33. The van der Waals surface area contributed by atoms with Crippen molar-refractivity contribution in [3.8, 4) is 17.1 Å². The Morgan fingerprint density at radius 3 is 2.50 bits per heavy atom. The highest BCUT2D eigenvalue weighted by Gasteiger charge is 2.32. The Kier molecular flexibility index (Phi) is 2.82. The highest BCUT2D eigenvalue weighted by atomic mass is 16.3. The van der Waals surface area contributed by atoms with Gasteiger partial charge in [-0.15, -0.1) is 0 Å². The van der Waals surface area contributed by atoms with Gasteiger partial charge < -0.3 is 5.11 Å². The third-order valence-electron chi connectivity index (χ3n) is 3.14. The summed E-state index contributed by atoms with van der Waals surface area (Å²) in [7, 11) is 0. The molecule has 3 rings (SSSR count). The molecule has 0 fully saturated rings. The van der Waals surface area contributed by atoms with Crippen LogP contribution in [0.3, 0.4) is 0 Å². The van der Waals surface area contributed by atoms with E-state index in [1.165, 1.54) is 0 Å². The molecule has 1 unspecified atom stereocenters. The summed E-state index contributed by atoms with van der Waals surface area (Å²) in [6.45, 7) is 3.74. The number of hydrogen-bond acceptors (Lipinski definition) is 5. The minimum atomic E-state index is -0.716. The Morgan fingerprint density at radius 1 is 1.10 bits per heavy atom. The Morgan fingerprint density at radius 2 is 1.85 bits per heavy atom. The highest BCUT2D eigenvalue weighted by Crippen LogP contribution is 2.33. The molecule has 1 N–H and O–H groups in total. The fourth-order valence-corrected chi connectivity index (χ4v) is 2.17. The molecule has 1 aromatic heterocycles. The molecule has 2 aromatic rings. The maximum absolute atomic E-state index is 9.85. The predicted molar refractivity (Wildman–Crippen MR) is 75.1 cm³/mol. The van der Waals surface area contributed by atoms with Gasteiger partial charge in [0, 0.05) is 11.6 Å². The summed E-state index contributed by atoms with van der Waals surface area (Å²) in [4.78, 5) is 8.62. The van der Waals surface area contributed by atoms with Crippen molar-refractivity contribution in [1.29, 1.82) is 0 Å². The first-order chi connectivity index (χ1) is 9.57. The number of nitrogens with zero attached hydrogens (tertiary/aromatic N) is 4. The largest absolute Gasteiger partial charge is 0.493 e. The average molecular weight is 266 g/mol. The lowest BCUT2D eigenvalue weighted by molar-refractivity contribution is 0.440. The minimum Gasteiger partial charge on any atom is -0.493 e. The zero-order valence-electron chi connectivity index (χ0n) is 11.3. The van der Waals surface area contributed by atoms with E-state index >= 15 is 0 Å². The molecule has 0 bridgehead atoms. The first-order valence-electron chi connectivity index (χ1n) is 6.33. The second-order valence-electron chi connectivity index (χ2n) is 4.93. The van der Waals surface area contributed by atoms with Gasteiger partial charge in [0.05, 0.1) is 11.4 Å². The molecule has 2 heterocycles. The molecule has 20 heavy (non-hydrogen) atoms. The van der Waals surface area contributed by atoms with Crippen molar-refractivity contribution in [1.82, 2.24) is 9.97 Å². The molecule has 0 radical (unpaired) electrons. The SMILES string of the molecule is CC1=CC(C)(c2nc(O)cc(-c3ccccc3)n2)N=N1. The number of rotatable bonds is 2. The lowest BCUT2D eigenvalue weighted by Crippen LogP contribution is -2.18. The van der Waals surface area contributed by atoms with Crippen LogP contribution in [0.15, 0.2) is 58.4 Å². The zero-order valence-corrected chi connectivity index (χ0v) is 11.3. The maximum Gasteiger partial charge on any atom is 0.214 e. The van der Waals surface area contributed by atoms with Gasteiger partial charge in [-0.2, -0.15) is 15.2 Å². The normalized spacial score (nSPS) is 21.0. The van der Waals surface area contributed by atoms with Crippen molar-refractivity contribution < 1.29 is 5.11 Å². The summed E-state index contributed by atoms with van der Waals surface area (Å²) < 4.78 is 0. The maximum atomic E-state index is 9.85. The molecule has 5 nitrogen and oxygen atoms in total. The zero-order chi connectivity index (χ0) is 14.2. The number of allylic oxidation sites excluding steroid dienone is 1. The lowest BCUT2D eigenvalue weighted by Gasteiger charge is -2.15. The molecular formula is C15H14N4O. The number of benzene rings is 1. The molecule has 0 amide bonds. The number of azo groups is 1. The van der Waals surface area contributed by atoms with E-state index in [0.717, 1.165) is 11.3 Å². The number of aromatic nitrogens is 2. The van der Waals surface area contributed by atoms with E-state index in [0.29, 0.717) is 11.5 Å². The summed E-state index contributed by atoms with van der Waals surface area (Å²) in [6.07, 6.45) is 1.89. The summed E-state index contributed by atoms with van der Waals surface area (Å²) >= 11 is 0. The molecule has 0 aliphatic carbocycles. The van der Waals surface area contributed by atoms with Gasteiger partial charge in [0.25, 0.3) is 0 Å². The molecule has 1 atom stereocenters. The summed E-state index contributed by atoms with van der Waals surface area (Å²) in [5.74, 6) is 0.375. The monoisotopic (exact) mass is 266 g/mol. The number of aromatic hydroxyl groups is 1. The van der Waals surface area contributed by atoms with Gasteiger partial charge in [-0.05, 0) is 19.9 Å². The molecule has 100 valence electrons. The highest BCUT2D eigenvalue weighted by molar-refractivity contribution is 5.60. The van der Waals surface area contributed by atoms with E-state index in [2.05, 4.69) is 20.2 Å². The molecule has 0 spiro atoms. The van der Waals surface area contributed by atoms with Gasteiger partial charge in [0.2, 0.25) is 5.88 Å².